The first-order valence-corrected chi connectivity index (χ1v) is 6.05. The van der Waals surface area contributed by atoms with E-state index in [2.05, 4.69) is 17.2 Å². The molecule has 3 nitrogen and oxygen atoms in total. The molecule has 1 saturated carbocycles. The number of nitrogens with zero attached hydrogens (tertiary/aromatic N) is 1. The third-order valence-corrected chi connectivity index (χ3v) is 3.48. The lowest BCUT2D eigenvalue weighted by Crippen LogP contribution is -2.39. The van der Waals surface area contributed by atoms with Crippen molar-refractivity contribution in [3.05, 3.63) is 30.1 Å². The van der Waals surface area contributed by atoms with E-state index in [-0.39, 0.29) is 6.04 Å². The Balaban J connectivity index is 1.86. The molecule has 0 spiro atoms. The number of nitrogens with one attached hydrogen (secondary N) is 1. The highest BCUT2D eigenvalue weighted by Crippen LogP contribution is 2.29. The average Bonchev–Trinajstić information content (AvgIpc) is 2.75. The predicted octanol–water partition coefficient (Wildman–Crippen LogP) is 2.04. The molecular weight excluding hydrogens is 200 g/mol. The highest BCUT2D eigenvalue weighted by Gasteiger charge is 2.30. The SMILES string of the molecule is C[C@@H](NCC1(O)CCCC1)c1ccncc1. The van der Waals surface area contributed by atoms with Crippen LogP contribution in [0.5, 0.6) is 0 Å². The Morgan fingerprint density at radius 2 is 2.00 bits per heavy atom. The van der Waals surface area contributed by atoms with Gasteiger partial charge in [0.1, 0.15) is 0 Å². The Labute approximate surface area is 96.9 Å². The van der Waals surface area contributed by atoms with Gasteiger partial charge in [0.2, 0.25) is 0 Å². The average molecular weight is 220 g/mol. The lowest BCUT2D eigenvalue weighted by Gasteiger charge is -2.25. The second-order valence-corrected chi connectivity index (χ2v) is 4.81. The van der Waals surface area contributed by atoms with Crippen molar-refractivity contribution < 1.29 is 5.11 Å². The first-order chi connectivity index (χ1) is 7.70. The maximum atomic E-state index is 10.2. The minimum Gasteiger partial charge on any atom is -0.389 e. The van der Waals surface area contributed by atoms with Gasteiger partial charge in [0.05, 0.1) is 5.60 Å². The third-order valence-electron chi connectivity index (χ3n) is 3.48. The van der Waals surface area contributed by atoms with Crippen molar-refractivity contribution in [2.45, 2.75) is 44.2 Å². The molecule has 2 rings (SSSR count). The van der Waals surface area contributed by atoms with E-state index in [4.69, 9.17) is 0 Å². The quantitative estimate of drug-likeness (QED) is 0.816. The number of hydrogen-bond donors (Lipinski definition) is 2. The zero-order chi connectivity index (χ0) is 11.4. The largest absolute Gasteiger partial charge is 0.389 e. The maximum Gasteiger partial charge on any atom is 0.0771 e. The molecule has 1 atom stereocenters. The molecule has 0 aromatic carbocycles. The van der Waals surface area contributed by atoms with Crippen LogP contribution in [0, 0.1) is 0 Å². The summed E-state index contributed by atoms with van der Waals surface area (Å²) >= 11 is 0. The van der Waals surface area contributed by atoms with Gasteiger partial charge in [-0.1, -0.05) is 12.8 Å². The van der Waals surface area contributed by atoms with Gasteiger partial charge < -0.3 is 10.4 Å². The normalized spacial score (nSPS) is 20.9. The molecule has 1 aliphatic carbocycles. The molecule has 16 heavy (non-hydrogen) atoms. The second kappa shape index (κ2) is 4.93. The Morgan fingerprint density at radius 1 is 1.38 bits per heavy atom. The standard InChI is InChI=1S/C13H20N2O/c1-11(12-4-8-14-9-5-12)15-10-13(16)6-2-3-7-13/h4-5,8-9,11,15-16H,2-3,6-7,10H2,1H3/t11-/m1/s1. The number of pyridine rings is 1. The van der Waals surface area contributed by atoms with Crippen LogP contribution in [0.4, 0.5) is 0 Å². The van der Waals surface area contributed by atoms with Crippen LogP contribution >= 0.6 is 0 Å². The molecule has 0 amide bonds. The topological polar surface area (TPSA) is 45.1 Å². The van der Waals surface area contributed by atoms with E-state index in [1.807, 2.05) is 12.1 Å². The Hall–Kier alpha value is -0.930. The van der Waals surface area contributed by atoms with Crippen molar-refractivity contribution in [3.63, 3.8) is 0 Å². The molecule has 3 heteroatoms. The summed E-state index contributed by atoms with van der Waals surface area (Å²) < 4.78 is 0. The van der Waals surface area contributed by atoms with Crippen molar-refractivity contribution in [2.75, 3.05) is 6.54 Å². The summed E-state index contributed by atoms with van der Waals surface area (Å²) in [6, 6.07) is 4.29. The van der Waals surface area contributed by atoms with Crippen LogP contribution in [-0.2, 0) is 0 Å². The fourth-order valence-electron chi connectivity index (χ4n) is 2.32. The zero-order valence-electron chi connectivity index (χ0n) is 9.82. The second-order valence-electron chi connectivity index (χ2n) is 4.81. The summed E-state index contributed by atoms with van der Waals surface area (Å²) in [6.07, 6.45) is 7.78. The Morgan fingerprint density at radius 3 is 2.62 bits per heavy atom. The molecule has 1 aliphatic rings. The first kappa shape index (κ1) is 11.6. The highest BCUT2D eigenvalue weighted by atomic mass is 16.3. The minimum atomic E-state index is -0.471. The minimum absolute atomic E-state index is 0.271. The van der Waals surface area contributed by atoms with Crippen molar-refractivity contribution in [1.29, 1.82) is 0 Å². The molecule has 1 aromatic heterocycles. The van der Waals surface area contributed by atoms with Crippen LogP contribution in [0.15, 0.2) is 24.5 Å². The summed E-state index contributed by atoms with van der Waals surface area (Å²) in [5.41, 5.74) is 0.748. The summed E-state index contributed by atoms with van der Waals surface area (Å²) in [7, 11) is 0. The summed E-state index contributed by atoms with van der Waals surface area (Å²) in [4.78, 5) is 4.00. The van der Waals surface area contributed by atoms with Gasteiger partial charge in [-0.3, -0.25) is 4.98 Å². The van der Waals surface area contributed by atoms with Crippen LogP contribution in [0.2, 0.25) is 0 Å². The Bertz CT molecular complexity index is 320. The van der Waals surface area contributed by atoms with E-state index in [1.165, 1.54) is 5.56 Å². The van der Waals surface area contributed by atoms with Gasteiger partial charge >= 0.3 is 0 Å². The number of hydrogen-bond acceptors (Lipinski definition) is 3. The van der Waals surface area contributed by atoms with Gasteiger partial charge in [0.25, 0.3) is 0 Å². The molecule has 0 radical (unpaired) electrons. The third kappa shape index (κ3) is 2.80. The van der Waals surface area contributed by atoms with Crippen molar-refractivity contribution in [1.82, 2.24) is 10.3 Å². The van der Waals surface area contributed by atoms with Gasteiger partial charge in [-0.15, -0.1) is 0 Å². The summed E-state index contributed by atoms with van der Waals surface area (Å²) in [5.74, 6) is 0. The van der Waals surface area contributed by atoms with Crippen molar-refractivity contribution in [3.8, 4) is 0 Å². The summed E-state index contributed by atoms with van der Waals surface area (Å²) in [5, 5.41) is 13.6. The van der Waals surface area contributed by atoms with E-state index in [1.54, 1.807) is 12.4 Å². The van der Waals surface area contributed by atoms with E-state index in [9.17, 15) is 5.11 Å². The summed E-state index contributed by atoms with van der Waals surface area (Å²) in [6.45, 7) is 2.81. The monoisotopic (exact) mass is 220 g/mol. The van der Waals surface area contributed by atoms with Crippen LogP contribution in [0.1, 0.15) is 44.2 Å². The number of aliphatic hydroxyl groups is 1. The van der Waals surface area contributed by atoms with Crippen LogP contribution in [-0.4, -0.2) is 22.2 Å². The van der Waals surface area contributed by atoms with Crippen LogP contribution < -0.4 is 5.32 Å². The fraction of sp³-hybridized carbons (Fsp3) is 0.615. The lowest BCUT2D eigenvalue weighted by molar-refractivity contribution is 0.0453. The molecule has 0 aliphatic heterocycles. The zero-order valence-corrected chi connectivity index (χ0v) is 9.82. The van der Waals surface area contributed by atoms with Gasteiger partial charge in [0, 0.05) is 25.0 Å². The predicted molar refractivity (Wildman–Crippen MR) is 64.1 cm³/mol. The molecule has 0 bridgehead atoms. The Kier molecular flexibility index (Phi) is 3.56. The van der Waals surface area contributed by atoms with E-state index < -0.39 is 5.60 Å². The van der Waals surface area contributed by atoms with E-state index in [0.717, 1.165) is 25.7 Å². The smallest absolute Gasteiger partial charge is 0.0771 e. The van der Waals surface area contributed by atoms with E-state index in [0.29, 0.717) is 6.54 Å². The van der Waals surface area contributed by atoms with E-state index >= 15 is 0 Å². The molecule has 2 N–H and O–H groups in total. The van der Waals surface area contributed by atoms with Gasteiger partial charge in [-0.2, -0.15) is 0 Å². The molecular formula is C13H20N2O. The molecule has 0 saturated heterocycles. The van der Waals surface area contributed by atoms with Gasteiger partial charge in [-0.25, -0.2) is 0 Å². The van der Waals surface area contributed by atoms with Crippen molar-refractivity contribution in [2.24, 2.45) is 0 Å². The number of aromatic nitrogens is 1. The highest BCUT2D eigenvalue weighted by molar-refractivity contribution is 5.14. The first-order valence-electron chi connectivity index (χ1n) is 6.05. The van der Waals surface area contributed by atoms with Crippen LogP contribution in [0.3, 0.4) is 0 Å². The molecule has 1 fully saturated rings. The van der Waals surface area contributed by atoms with Crippen LogP contribution in [0.25, 0.3) is 0 Å². The number of rotatable bonds is 4. The lowest BCUT2D eigenvalue weighted by atomic mass is 10.0. The molecule has 1 aromatic rings. The van der Waals surface area contributed by atoms with Gasteiger partial charge in [-0.05, 0) is 37.5 Å². The molecule has 0 unspecified atom stereocenters. The van der Waals surface area contributed by atoms with Gasteiger partial charge in [0.15, 0.2) is 0 Å². The molecule has 88 valence electrons. The van der Waals surface area contributed by atoms with Crippen molar-refractivity contribution >= 4 is 0 Å². The maximum absolute atomic E-state index is 10.2. The molecule has 1 heterocycles. The fourth-order valence-corrected chi connectivity index (χ4v) is 2.32.